The standard InChI is InChI=1S/C18H26O3/c1-2-3-4-5-6-7-8-9-15-10-12-16(13-11-15)17(19)14-18(20)21/h10-13H,2-9,14H2,1H3,(H,20,21). The zero-order chi connectivity index (χ0) is 15.5. The molecule has 0 saturated carbocycles. The van der Waals surface area contributed by atoms with E-state index in [1.165, 1.54) is 50.5 Å². The molecule has 0 aliphatic rings. The molecule has 1 aromatic rings. The van der Waals surface area contributed by atoms with E-state index < -0.39 is 12.4 Å². The number of benzene rings is 1. The molecule has 0 aromatic heterocycles. The Morgan fingerprint density at radius 1 is 0.905 bits per heavy atom. The molecule has 1 rings (SSSR count). The lowest BCUT2D eigenvalue weighted by Gasteiger charge is -2.04. The molecule has 0 heterocycles. The van der Waals surface area contributed by atoms with Crippen LogP contribution >= 0.6 is 0 Å². The smallest absolute Gasteiger partial charge is 0.311 e. The first-order chi connectivity index (χ1) is 10.1. The molecule has 0 spiro atoms. The molecule has 116 valence electrons. The van der Waals surface area contributed by atoms with Crippen molar-refractivity contribution in [3.63, 3.8) is 0 Å². The van der Waals surface area contributed by atoms with Gasteiger partial charge in [0, 0.05) is 5.56 Å². The van der Waals surface area contributed by atoms with Gasteiger partial charge in [-0.25, -0.2) is 0 Å². The normalized spacial score (nSPS) is 10.5. The number of aryl methyl sites for hydroxylation is 1. The van der Waals surface area contributed by atoms with E-state index in [0.717, 1.165) is 6.42 Å². The third-order valence-electron chi connectivity index (χ3n) is 3.66. The molecule has 1 aromatic carbocycles. The fourth-order valence-electron chi connectivity index (χ4n) is 2.38. The topological polar surface area (TPSA) is 54.4 Å². The molecule has 0 aliphatic heterocycles. The lowest BCUT2D eigenvalue weighted by Crippen LogP contribution is -2.06. The SMILES string of the molecule is CCCCCCCCCc1ccc(C(=O)CC(=O)O)cc1. The number of carboxylic acids is 1. The van der Waals surface area contributed by atoms with E-state index in [1.54, 1.807) is 12.1 Å². The second-order valence-corrected chi connectivity index (χ2v) is 5.56. The van der Waals surface area contributed by atoms with Gasteiger partial charge in [-0.15, -0.1) is 0 Å². The van der Waals surface area contributed by atoms with Crippen LogP contribution in [-0.4, -0.2) is 16.9 Å². The zero-order valence-electron chi connectivity index (χ0n) is 12.9. The van der Waals surface area contributed by atoms with Crippen LogP contribution in [-0.2, 0) is 11.2 Å². The van der Waals surface area contributed by atoms with E-state index in [-0.39, 0.29) is 5.78 Å². The zero-order valence-corrected chi connectivity index (χ0v) is 12.9. The van der Waals surface area contributed by atoms with Crippen molar-refractivity contribution >= 4 is 11.8 Å². The summed E-state index contributed by atoms with van der Waals surface area (Å²) >= 11 is 0. The summed E-state index contributed by atoms with van der Waals surface area (Å²) in [5, 5.41) is 8.60. The molecule has 1 N–H and O–H groups in total. The monoisotopic (exact) mass is 290 g/mol. The highest BCUT2D eigenvalue weighted by Crippen LogP contribution is 2.12. The molecular formula is C18H26O3. The first-order valence-electron chi connectivity index (χ1n) is 7.97. The summed E-state index contributed by atoms with van der Waals surface area (Å²) in [5.74, 6) is -1.41. The van der Waals surface area contributed by atoms with Gasteiger partial charge in [-0.3, -0.25) is 9.59 Å². The van der Waals surface area contributed by atoms with Crippen molar-refractivity contribution in [2.24, 2.45) is 0 Å². The van der Waals surface area contributed by atoms with Crippen LogP contribution in [0.2, 0.25) is 0 Å². The van der Waals surface area contributed by atoms with Gasteiger partial charge in [0.05, 0.1) is 0 Å². The number of carboxylic acid groups (broad SMARTS) is 1. The molecule has 0 amide bonds. The molecule has 0 radical (unpaired) electrons. The van der Waals surface area contributed by atoms with Crippen LogP contribution in [0.15, 0.2) is 24.3 Å². The van der Waals surface area contributed by atoms with Crippen molar-refractivity contribution < 1.29 is 14.7 Å². The maximum Gasteiger partial charge on any atom is 0.311 e. The summed E-state index contributed by atoms with van der Waals surface area (Å²) < 4.78 is 0. The fraction of sp³-hybridized carbons (Fsp3) is 0.556. The van der Waals surface area contributed by atoms with Gasteiger partial charge in [0.1, 0.15) is 6.42 Å². The van der Waals surface area contributed by atoms with Gasteiger partial charge in [0.2, 0.25) is 0 Å². The summed E-state index contributed by atoms with van der Waals surface area (Å²) in [6.07, 6.45) is 9.62. The minimum atomic E-state index is -1.08. The molecule has 0 saturated heterocycles. The van der Waals surface area contributed by atoms with Crippen LogP contribution in [0.3, 0.4) is 0 Å². The largest absolute Gasteiger partial charge is 0.481 e. The van der Waals surface area contributed by atoms with E-state index in [2.05, 4.69) is 6.92 Å². The highest BCUT2D eigenvalue weighted by atomic mass is 16.4. The Labute approximate surface area is 127 Å². The van der Waals surface area contributed by atoms with Crippen LogP contribution in [0.1, 0.15) is 74.2 Å². The van der Waals surface area contributed by atoms with Crippen molar-refractivity contribution in [2.75, 3.05) is 0 Å². The number of aliphatic carboxylic acids is 1. The van der Waals surface area contributed by atoms with Gasteiger partial charge >= 0.3 is 5.97 Å². The van der Waals surface area contributed by atoms with Crippen molar-refractivity contribution in [2.45, 2.75) is 64.7 Å². The number of hydrogen-bond acceptors (Lipinski definition) is 2. The van der Waals surface area contributed by atoms with Crippen LogP contribution in [0, 0.1) is 0 Å². The minimum absolute atomic E-state index is 0.329. The average Bonchev–Trinajstić information content (AvgIpc) is 2.46. The van der Waals surface area contributed by atoms with E-state index in [0.29, 0.717) is 5.56 Å². The Bertz CT molecular complexity index is 434. The Hall–Kier alpha value is -1.64. The van der Waals surface area contributed by atoms with Crippen LogP contribution in [0.25, 0.3) is 0 Å². The number of ketones is 1. The first-order valence-corrected chi connectivity index (χ1v) is 7.97. The highest BCUT2D eigenvalue weighted by molar-refractivity contribution is 6.05. The second-order valence-electron chi connectivity index (χ2n) is 5.56. The van der Waals surface area contributed by atoms with E-state index in [4.69, 9.17) is 5.11 Å². The summed E-state index contributed by atoms with van der Waals surface area (Å²) in [7, 11) is 0. The molecule has 0 unspecified atom stereocenters. The summed E-state index contributed by atoms with van der Waals surface area (Å²) in [5.41, 5.74) is 1.70. The molecule has 3 nitrogen and oxygen atoms in total. The van der Waals surface area contributed by atoms with Crippen LogP contribution in [0.4, 0.5) is 0 Å². The Balaban J connectivity index is 2.25. The third kappa shape index (κ3) is 7.64. The number of rotatable bonds is 11. The summed E-state index contributed by atoms with van der Waals surface area (Å²) in [6.45, 7) is 2.23. The predicted molar refractivity (Wildman–Crippen MR) is 84.7 cm³/mol. The number of unbranched alkanes of at least 4 members (excludes halogenated alkanes) is 6. The summed E-state index contributed by atoms with van der Waals surface area (Å²) in [4.78, 5) is 22.1. The average molecular weight is 290 g/mol. The lowest BCUT2D eigenvalue weighted by atomic mass is 10.0. The highest BCUT2D eigenvalue weighted by Gasteiger charge is 2.09. The van der Waals surface area contributed by atoms with Crippen molar-refractivity contribution in [3.8, 4) is 0 Å². The molecule has 0 bridgehead atoms. The Morgan fingerprint density at radius 2 is 1.48 bits per heavy atom. The van der Waals surface area contributed by atoms with Crippen LogP contribution in [0.5, 0.6) is 0 Å². The van der Waals surface area contributed by atoms with Crippen LogP contribution < -0.4 is 0 Å². The number of Topliss-reactive ketones (excluding diaryl/α,β-unsaturated/α-hetero) is 1. The lowest BCUT2D eigenvalue weighted by molar-refractivity contribution is -0.135. The Morgan fingerprint density at radius 3 is 2.05 bits per heavy atom. The number of carbonyl (C=O) groups excluding carboxylic acids is 1. The van der Waals surface area contributed by atoms with Gasteiger partial charge in [-0.05, 0) is 18.4 Å². The Kier molecular flexibility index (Phi) is 8.41. The van der Waals surface area contributed by atoms with E-state index in [9.17, 15) is 9.59 Å². The molecule has 0 fully saturated rings. The molecule has 0 aliphatic carbocycles. The van der Waals surface area contributed by atoms with Gasteiger partial charge in [-0.2, -0.15) is 0 Å². The maximum absolute atomic E-state index is 11.6. The second kappa shape index (κ2) is 10.1. The third-order valence-corrected chi connectivity index (χ3v) is 3.66. The van der Waals surface area contributed by atoms with Gasteiger partial charge in [-0.1, -0.05) is 69.7 Å². The van der Waals surface area contributed by atoms with E-state index >= 15 is 0 Å². The quantitative estimate of drug-likeness (QED) is 0.367. The van der Waals surface area contributed by atoms with Crippen molar-refractivity contribution in [3.05, 3.63) is 35.4 Å². The van der Waals surface area contributed by atoms with Gasteiger partial charge < -0.3 is 5.11 Å². The number of carbonyl (C=O) groups is 2. The minimum Gasteiger partial charge on any atom is -0.481 e. The van der Waals surface area contributed by atoms with Crippen molar-refractivity contribution in [1.82, 2.24) is 0 Å². The molecule has 0 atom stereocenters. The van der Waals surface area contributed by atoms with E-state index in [1.807, 2.05) is 12.1 Å². The summed E-state index contributed by atoms with van der Waals surface area (Å²) in [6, 6.07) is 7.35. The maximum atomic E-state index is 11.6. The van der Waals surface area contributed by atoms with Gasteiger partial charge in [0.15, 0.2) is 5.78 Å². The predicted octanol–water partition coefficient (Wildman–Crippen LogP) is 4.64. The fourth-order valence-corrected chi connectivity index (χ4v) is 2.38. The molecule has 3 heteroatoms. The van der Waals surface area contributed by atoms with Crippen molar-refractivity contribution in [1.29, 1.82) is 0 Å². The molecule has 21 heavy (non-hydrogen) atoms. The first kappa shape index (κ1) is 17.4. The van der Waals surface area contributed by atoms with Gasteiger partial charge in [0.25, 0.3) is 0 Å². The number of hydrogen-bond donors (Lipinski definition) is 1. The molecular weight excluding hydrogens is 264 g/mol.